The number of benzene rings is 2. The van der Waals surface area contributed by atoms with Crippen LogP contribution in [0.3, 0.4) is 0 Å². The summed E-state index contributed by atoms with van der Waals surface area (Å²) in [6, 6.07) is 14.2. The molecule has 0 bridgehead atoms. The summed E-state index contributed by atoms with van der Waals surface area (Å²) in [6.45, 7) is 1.69. The molecule has 0 aliphatic rings. The first-order valence-corrected chi connectivity index (χ1v) is 8.68. The number of aryl methyl sites for hydroxylation is 1. The summed E-state index contributed by atoms with van der Waals surface area (Å²) in [4.78, 5) is 19.9. The van der Waals surface area contributed by atoms with Crippen LogP contribution in [0.4, 0.5) is 11.5 Å². The first kappa shape index (κ1) is 19.2. The molecule has 0 unspecified atom stereocenters. The Hall–Kier alpha value is -3.52. The minimum absolute atomic E-state index is 0.138. The van der Waals surface area contributed by atoms with Crippen molar-refractivity contribution in [3.8, 4) is 17.4 Å². The smallest absolute Gasteiger partial charge is 0.276 e. The predicted octanol–water partition coefficient (Wildman–Crippen LogP) is 3.34. The van der Waals surface area contributed by atoms with Gasteiger partial charge < -0.3 is 15.2 Å². The fraction of sp³-hybridized carbons (Fsp3) is 0.105. The summed E-state index contributed by atoms with van der Waals surface area (Å²) in [7, 11) is 0. The molecule has 3 rings (SSSR count). The van der Waals surface area contributed by atoms with Crippen LogP contribution >= 0.6 is 11.6 Å². The lowest BCUT2D eigenvalue weighted by Gasteiger charge is -2.13. The summed E-state index contributed by atoms with van der Waals surface area (Å²) >= 11 is 6.01. The van der Waals surface area contributed by atoms with Crippen molar-refractivity contribution in [2.45, 2.75) is 6.92 Å². The molecule has 4 N–H and O–H groups in total. The molecule has 0 atom stereocenters. The molecule has 0 saturated carbocycles. The number of nitrogens with two attached hydrogens (primary N) is 1. The van der Waals surface area contributed by atoms with Crippen LogP contribution in [0.15, 0.2) is 54.9 Å². The molecular formula is C19H18ClN5O3. The Kier molecular flexibility index (Phi) is 6.13. The van der Waals surface area contributed by atoms with E-state index in [1.54, 1.807) is 30.3 Å². The topological polar surface area (TPSA) is 111 Å². The van der Waals surface area contributed by atoms with E-state index < -0.39 is 5.91 Å². The molecule has 3 aromatic rings. The number of amides is 1. The molecule has 1 amide bonds. The number of nitrogens with one attached hydrogen (secondary N) is 2. The molecule has 0 aliphatic carbocycles. The third-order valence-corrected chi connectivity index (χ3v) is 4.05. The Morgan fingerprint density at radius 3 is 2.68 bits per heavy atom. The molecule has 1 aromatic heterocycles. The molecule has 0 aliphatic heterocycles. The van der Waals surface area contributed by atoms with E-state index in [2.05, 4.69) is 20.8 Å². The van der Waals surface area contributed by atoms with Gasteiger partial charge in [0, 0.05) is 5.02 Å². The van der Waals surface area contributed by atoms with Gasteiger partial charge in [0.15, 0.2) is 12.4 Å². The molecule has 1 heterocycles. The van der Waals surface area contributed by atoms with Gasteiger partial charge in [-0.3, -0.25) is 15.6 Å². The Morgan fingerprint density at radius 2 is 1.93 bits per heavy atom. The van der Waals surface area contributed by atoms with Gasteiger partial charge in [-0.15, -0.1) is 0 Å². The van der Waals surface area contributed by atoms with Gasteiger partial charge in [0.1, 0.15) is 23.5 Å². The summed E-state index contributed by atoms with van der Waals surface area (Å²) in [5, 5.41) is 0.630. The zero-order valence-electron chi connectivity index (χ0n) is 15.0. The molecule has 0 radical (unpaired) electrons. The van der Waals surface area contributed by atoms with Gasteiger partial charge in [0.2, 0.25) is 5.88 Å². The highest BCUT2D eigenvalue weighted by molar-refractivity contribution is 6.31. The number of nitrogen functional groups attached to an aromatic ring is 1. The average Bonchev–Trinajstić information content (AvgIpc) is 2.70. The first-order valence-electron chi connectivity index (χ1n) is 8.30. The van der Waals surface area contributed by atoms with E-state index in [1.165, 1.54) is 6.33 Å². The largest absolute Gasteiger partial charge is 0.484 e. The number of carbonyl (C=O) groups excluding carboxylic acids is 1. The molecule has 0 spiro atoms. The fourth-order valence-corrected chi connectivity index (χ4v) is 2.30. The molecule has 144 valence electrons. The van der Waals surface area contributed by atoms with E-state index in [4.69, 9.17) is 26.8 Å². The second-order valence-corrected chi connectivity index (χ2v) is 6.14. The zero-order valence-corrected chi connectivity index (χ0v) is 15.7. The maximum Gasteiger partial charge on any atom is 0.276 e. The van der Waals surface area contributed by atoms with Crippen LogP contribution in [0.25, 0.3) is 0 Å². The fourth-order valence-electron chi connectivity index (χ4n) is 2.18. The van der Waals surface area contributed by atoms with Crippen molar-refractivity contribution in [3.63, 3.8) is 0 Å². The van der Waals surface area contributed by atoms with Gasteiger partial charge in [-0.2, -0.15) is 4.98 Å². The molecule has 9 heteroatoms. The van der Waals surface area contributed by atoms with E-state index in [9.17, 15) is 4.79 Å². The number of nitrogens with zero attached hydrogens (tertiary/aromatic N) is 2. The standard InChI is InChI=1S/C19H18ClN5O3/c1-12-9-14(7-8-15(12)20)28-19-17(21)18(22-11-23-19)25-24-16(26)10-27-13-5-3-2-4-6-13/h2-9,11H,10,21H2,1H3,(H,24,26)(H,22,23,25). The lowest BCUT2D eigenvalue weighted by molar-refractivity contribution is -0.122. The summed E-state index contributed by atoms with van der Waals surface area (Å²) in [6.07, 6.45) is 1.27. The number of hydrogen-bond acceptors (Lipinski definition) is 7. The minimum atomic E-state index is -0.405. The van der Waals surface area contributed by atoms with Crippen molar-refractivity contribution in [2.75, 3.05) is 17.8 Å². The molecule has 8 nitrogen and oxygen atoms in total. The number of carbonyl (C=O) groups is 1. The van der Waals surface area contributed by atoms with Gasteiger partial charge in [0.05, 0.1) is 0 Å². The van der Waals surface area contributed by atoms with E-state index in [0.29, 0.717) is 16.5 Å². The van der Waals surface area contributed by atoms with Crippen LogP contribution in [0.1, 0.15) is 5.56 Å². The van der Waals surface area contributed by atoms with Crippen molar-refractivity contribution in [2.24, 2.45) is 0 Å². The normalized spacial score (nSPS) is 10.2. The lowest BCUT2D eigenvalue weighted by atomic mass is 10.2. The molecule has 2 aromatic carbocycles. The number of aromatic nitrogens is 2. The summed E-state index contributed by atoms with van der Waals surface area (Å²) in [5.74, 6) is 1.06. The van der Waals surface area contributed by atoms with Crippen molar-refractivity contribution < 1.29 is 14.3 Å². The molecule has 0 saturated heterocycles. The minimum Gasteiger partial charge on any atom is -0.484 e. The number of rotatable bonds is 7. The van der Waals surface area contributed by atoms with E-state index >= 15 is 0 Å². The van der Waals surface area contributed by atoms with Crippen LogP contribution in [-0.2, 0) is 4.79 Å². The van der Waals surface area contributed by atoms with Crippen molar-refractivity contribution >= 4 is 29.0 Å². The number of halogens is 1. The third-order valence-electron chi connectivity index (χ3n) is 3.62. The van der Waals surface area contributed by atoms with Crippen LogP contribution in [0.2, 0.25) is 5.02 Å². The SMILES string of the molecule is Cc1cc(Oc2ncnc(NNC(=O)COc3ccccc3)c2N)ccc1Cl. The second-order valence-electron chi connectivity index (χ2n) is 5.73. The van der Waals surface area contributed by atoms with Gasteiger partial charge in [-0.25, -0.2) is 4.98 Å². The lowest BCUT2D eigenvalue weighted by Crippen LogP contribution is -2.34. The maximum atomic E-state index is 11.9. The van der Waals surface area contributed by atoms with Crippen LogP contribution in [-0.4, -0.2) is 22.5 Å². The Balaban J connectivity index is 1.59. The number of ether oxygens (including phenoxy) is 2. The zero-order chi connectivity index (χ0) is 19.9. The first-order chi connectivity index (χ1) is 13.5. The Labute approximate surface area is 166 Å². The van der Waals surface area contributed by atoms with Crippen LogP contribution in [0.5, 0.6) is 17.4 Å². The van der Waals surface area contributed by atoms with Gasteiger partial charge in [-0.05, 0) is 42.8 Å². The maximum absolute atomic E-state index is 11.9. The predicted molar refractivity (Wildman–Crippen MR) is 106 cm³/mol. The molecule has 28 heavy (non-hydrogen) atoms. The van der Waals surface area contributed by atoms with Crippen LogP contribution in [0, 0.1) is 6.92 Å². The van der Waals surface area contributed by atoms with Gasteiger partial charge >= 0.3 is 0 Å². The Morgan fingerprint density at radius 1 is 1.14 bits per heavy atom. The highest BCUT2D eigenvalue weighted by Gasteiger charge is 2.12. The van der Waals surface area contributed by atoms with Crippen molar-refractivity contribution in [1.29, 1.82) is 0 Å². The van der Waals surface area contributed by atoms with Gasteiger partial charge in [0.25, 0.3) is 5.91 Å². The average molecular weight is 400 g/mol. The van der Waals surface area contributed by atoms with Gasteiger partial charge in [-0.1, -0.05) is 29.8 Å². The molecule has 0 fully saturated rings. The van der Waals surface area contributed by atoms with E-state index in [1.807, 2.05) is 25.1 Å². The van der Waals surface area contributed by atoms with Crippen molar-refractivity contribution in [1.82, 2.24) is 15.4 Å². The van der Waals surface area contributed by atoms with Crippen molar-refractivity contribution in [3.05, 3.63) is 65.4 Å². The molecular weight excluding hydrogens is 382 g/mol. The number of hydrogen-bond donors (Lipinski definition) is 3. The number of anilines is 2. The Bertz CT molecular complexity index is 969. The monoisotopic (exact) mass is 399 g/mol. The number of para-hydroxylation sites is 1. The summed E-state index contributed by atoms with van der Waals surface area (Å²) in [5.41, 5.74) is 12.1. The highest BCUT2D eigenvalue weighted by Crippen LogP contribution is 2.30. The van der Waals surface area contributed by atoms with E-state index in [0.717, 1.165) is 5.56 Å². The third kappa shape index (κ3) is 5.01. The van der Waals surface area contributed by atoms with Crippen LogP contribution < -0.4 is 26.1 Å². The quantitative estimate of drug-likeness (QED) is 0.522. The second kappa shape index (κ2) is 8.92. The summed E-state index contributed by atoms with van der Waals surface area (Å²) < 4.78 is 11.0. The highest BCUT2D eigenvalue weighted by atomic mass is 35.5. The van der Waals surface area contributed by atoms with E-state index in [-0.39, 0.29) is 24.0 Å². The number of hydrazine groups is 1.